The Balaban J connectivity index is 3.44. The Labute approximate surface area is 96.8 Å². The molecule has 0 bridgehead atoms. The van der Waals surface area contributed by atoms with E-state index < -0.39 is 0 Å². The van der Waals surface area contributed by atoms with Crippen LogP contribution < -0.4 is 4.74 Å². The molecular formula is C11H10BrNO2. The van der Waals surface area contributed by atoms with Crippen LogP contribution in [-0.4, -0.2) is 18.2 Å². The number of methoxy groups -OCH3 is 1. The summed E-state index contributed by atoms with van der Waals surface area (Å²) in [6.07, 6.45) is 0. The van der Waals surface area contributed by atoms with Crippen LogP contribution in [0.25, 0.3) is 0 Å². The maximum Gasteiger partial charge on any atom is 0.177 e. The first-order chi connectivity index (χ1) is 7.15. The highest BCUT2D eigenvalue weighted by molar-refractivity contribution is 9.09. The third-order valence-corrected chi connectivity index (χ3v) is 2.68. The fourth-order valence-electron chi connectivity index (χ4n) is 1.39. The lowest BCUT2D eigenvalue weighted by Crippen LogP contribution is -2.07. The molecule has 1 aromatic rings. The Bertz CT molecular complexity index is 435. The van der Waals surface area contributed by atoms with Gasteiger partial charge in [0.1, 0.15) is 5.75 Å². The van der Waals surface area contributed by atoms with E-state index >= 15 is 0 Å². The molecule has 0 heterocycles. The van der Waals surface area contributed by atoms with E-state index in [1.54, 1.807) is 19.1 Å². The number of ketones is 1. The van der Waals surface area contributed by atoms with Gasteiger partial charge in [-0.05, 0) is 24.6 Å². The topological polar surface area (TPSA) is 50.1 Å². The molecule has 0 aromatic heterocycles. The first-order valence-corrected chi connectivity index (χ1v) is 5.44. The Morgan fingerprint density at radius 1 is 1.60 bits per heavy atom. The smallest absolute Gasteiger partial charge is 0.177 e. The van der Waals surface area contributed by atoms with Crippen molar-refractivity contribution in [1.82, 2.24) is 0 Å². The van der Waals surface area contributed by atoms with Gasteiger partial charge in [-0.25, -0.2) is 0 Å². The fourth-order valence-corrected chi connectivity index (χ4v) is 1.67. The van der Waals surface area contributed by atoms with Crippen LogP contribution in [-0.2, 0) is 0 Å². The van der Waals surface area contributed by atoms with Crippen LogP contribution in [0, 0.1) is 18.3 Å². The van der Waals surface area contributed by atoms with Gasteiger partial charge in [-0.15, -0.1) is 0 Å². The number of carbonyl (C=O) groups excluding carboxylic acids is 1. The molecule has 0 spiro atoms. The molecule has 1 rings (SSSR count). The van der Waals surface area contributed by atoms with Gasteiger partial charge >= 0.3 is 0 Å². The van der Waals surface area contributed by atoms with Gasteiger partial charge in [0.25, 0.3) is 0 Å². The number of ether oxygens (including phenoxy) is 1. The first-order valence-electron chi connectivity index (χ1n) is 4.32. The zero-order valence-electron chi connectivity index (χ0n) is 8.50. The van der Waals surface area contributed by atoms with Crippen LogP contribution in [0.1, 0.15) is 21.5 Å². The second-order valence-electron chi connectivity index (χ2n) is 2.98. The van der Waals surface area contributed by atoms with Gasteiger partial charge < -0.3 is 4.74 Å². The summed E-state index contributed by atoms with van der Waals surface area (Å²) in [6.45, 7) is 1.75. The number of benzene rings is 1. The summed E-state index contributed by atoms with van der Waals surface area (Å²) in [4.78, 5) is 11.6. The maximum absolute atomic E-state index is 11.6. The predicted molar refractivity (Wildman–Crippen MR) is 60.6 cm³/mol. The quantitative estimate of drug-likeness (QED) is 0.625. The lowest BCUT2D eigenvalue weighted by atomic mass is 9.99. The van der Waals surface area contributed by atoms with Gasteiger partial charge in [0.15, 0.2) is 5.78 Å². The van der Waals surface area contributed by atoms with Gasteiger partial charge in [-0.2, -0.15) is 5.26 Å². The second-order valence-corrected chi connectivity index (χ2v) is 3.54. The predicted octanol–water partition coefficient (Wildman–Crippen LogP) is 2.45. The van der Waals surface area contributed by atoms with Crippen LogP contribution in [0.15, 0.2) is 12.1 Å². The monoisotopic (exact) mass is 267 g/mol. The molecule has 78 valence electrons. The van der Waals surface area contributed by atoms with Crippen molar-refractivity contribution in [3.05, 3.63) is 28.8 Å². The van der Waals surface area contributed by atoms with Gasteiger partial charge in [-0.1, -0.05) is 15.9 Å². The third-order valence-electron chi connectivity index (χ3n) is 2.17. The number of nitrogens with zero attached hydrogens (tertiary/aromatic N) is 1. The zero-order chi connectivity index (χ0) is 11.4. The fraction of sp³-hybridized carbons (Fsp3) is 0.273. The summed E-state index contributed by atoms with van der Waals surface area (Å²) >= 11 is 3.11. The molecule has 3 nitrogen and oxygen atoms in total. The molecule has 0 saturated heterocycles. The Kier molecular flexibility index (Phi) is 3.87. The average molecular weight is 268 g/mol. The molecule has 0 fully saturated rings. The molecule has 0 amide bonds. The van der Waals surface area contributed by atoms with E-state index in [1.807, 2.05) is 6.07 Å². The van der Waals surface area contributed by atoms with Gasteiger partial charge in [0.05, 0.1) is 29.6 Å². The van der Waals surface area contributed by atoms with Crippen LogP contribution >= 0.6 is 15.9 Å². The van der Waals surface area contributed by atoms with Crippen molar-refractivity contribution in [1.29, 1.82) is 5.26 Å². The van der Waals surface area contributed by atoms with Crippen molar-refractivity contribution < 1.29 is 9.53 Å². The lowest BCUT2D eigenvalue weighted by Gasteiger charge is -2.10. The van der Waals surface area contributed by atoms with E-state index in [0.717, 1.165) is 0 Å². The summed E-state index contributed by atoms with van der Waals surface area (Å²) in [6, 6.07) is 5.34. The largest absolute Gasteiger partial charge is 0.496 e. The van der Waals surface area contributed by atoms with Crippen LogP contribution in [0.2, 0.25) is 0 Å². The van der Waals surface area contributed by atoms with Crippen molar-refractivity contribution in [2.24, 2.45) is 0 Å². The van der Waals surface area contributed by atoms with Crippen molar-refractivity contribution in [3.63, 3.8) is 0 Å². The molecule has 0 unspecified atom stereocenters. The van der Waals surface area contributed by atoms with Gasteiger partial charge in [0.2, 0.25) is 0 Å². The molecule has 1 aromatic carbocycles. The normalized spacial score (nSPS) is 9.47. The molecule has 15 heavy (non-hydrogen) atoms. The van der Waals surface area contributed by atoms with Gasteiger partial charge in [-0.3, -0.25) is 4.79 Å². The van der Waals surface area contributed by atoms with Crippen molar-refractivity contribution in [3.8, 4) is 11.8 Å². The van der Waals surface area contributed by atoms with Crippen LogP contribution in [0.3, 0.4) is 0 Å². The number of halogens is 1. The third kappa shape index (κ3) is 2.18. The van der Waals surface area contributed by atoms with E-state index in [2.05, 4.69) is 15.9 Å². The summed E-state index contributed by atoms with van der Waals surface area (Å²) in [5.41, 5.74) is 1.65. The van der Waals surface area contributed by atoms with Crippen LogP contribution in [0.5, 0.6) is 5.75 Å². The second kappa shape index (κ2) is 4.94. The van der Waals surface area contributed by atoms with Crippen molar-refractivity contribution in [2.75, 3.05) is 12.4 Å². The van der Waals surface area contributed by atoms with Crippen molar-refractivity contribution >= 4 is 21.7 Å². The number of carbonyl (C=O) groups is 1. The number of hydrogen-bond acceptors (Lipinski definition) is 3. The zero-order valence-corrected chi connectivity index (χ0v) is 10.1. The summed E-state index contributed by atoms with van der Waals surface area (Å²) in [5.74, 6) is 0.428. The average Bonchev–Trinajstić information content (AvgIpc) is 2.27. The highest BCUT2D eigenvalue weighted by atomic mass is 79.9. The van der Waals surface area contributed by atoms with E-state index in [4.69, 9.17) is 10.00 Å². The number of Topliss-reactive ketones (excluding diaryl/α,β-unsaturated/α-hetero) is 1. The molecule has 0 saturated carbocycles. The molecule has 0 atom stereocenters. The molecule has 0 N–H and O–H groups in total. The van der Waals surface area contributed by atoms with E-state index in [0.29, 0.717) is 22.4 Å². The first kappa shape index (κ1) is 11.7. The molecule has 0 radical (unpaired) electrons. The minimum absolute atomic E-state index is 0.0820. The highest BCUT2D eigenvalue weighted by Gasteiger charge is 2.16. The summed E-state index contributed by atoms with van der Waals surface area (Å²) < 4.78 is 5.10. The highest BCUT2D eigenvalue weighted by Crippen LogP contribution is 2.25. The van der Waals surface area contributed by atoms with Crippen LogP contribution in [0.4, 0.5) is 0 Å². The number of nitriles is 1. The minimum atomic E-state index is -0.0820. The maximum atomic E-state index is 11.6. The van der Waals surface area contributed by atoms with E-state index in [-0.39, 0.29) is 11.1 Å². The van der Waals surface area contributed by atoms with E-state index in [9.17, 15) is 4.79 Å². The molecule has 4 heteroatoms. The molecular weight excluding hydrogens is 258 g/mol. The Morgan fingerprint density at radius 3 is 2.73 bits per heavy atom. The minimum Gasteiger partial charge on any atom is -0.496 e. The van der Waals surface area contributed by atoms with Gasteiger partial charge in [0, 0.05) is 0 Å². The molecule has 0 aliphatic heterocycles. The summed E-state index contributed by atoms with van der Waals surface area (Å²) in [5, 5.41) is 9.07. The number of hydrogen-bond donors (Lipinski definition) is 0. The van der Waals surface area contributed by atoms with Crippen molar-refractivity contribution in [2.45, 2.75) is 6.92 Å². The molecule has 0 aliphatic carbocycles. The standard InChI is InChI=1S/C11H10BrNO2/c1-7-8(6-13)3-4-10(15-2)11(7)9(14)5-12/h3-4H,5H2,1-2H3. The Hall–Kier alpha value is -1.34. The number of rotatable bonds is 3. The molecule has 0 aliphatic rings. The van der Waals surface area contributed by atoms with E-state index in [1.165, 1.54) is 7.11 Å². The lowest BCUT2D eigenvalue weighted by molar-refractivity contribution is 0.102. The summed E-state index contributed by atoms with van der Waals surface area (Å²) in [7, 11) is 1.51. The number of alkyl halides is 1. The SMILES string of the molecule is COc1ccc(C#N)c(C)c1C(=O)CBr. The Morgan fingerprint density at radius 2 is 2.27 bits per heavy atom.